The second-order valence-corrected chi connectivity index (χ2v) is 7.23. The lowest BCUT2D eigenvalue weighted by molar-refractivity contribution is -0.123. The van der Waals surface area contributed by atoms with Crippen LogP contribution in [0.2, 0.25) is 0 Å². The Morgan fingerprint density at radius 1 is 0.966 bits per heavy atom. The van der Waals surface area contributed by atoms with Gasteiger partial charge in [-0.25, -0.2) is 17.9 Å². The minimum absolute atomic E-state index is 0.0971. The third-order valence-electron chi connectivity index (χ3n) is 5.42. The summed E-state index contributed by atoms with van der Waals surface area (Å²) in [7, 11) is 0. The molecule has 1 aliphatic carbocycles. The molecule has 0 fully saturated rings. The van der Waals surface area contributed by atoms with E-state index in [0.29, 0.717) is 17.2 Å². The van der Waals surface area contributed by atoms with Crippen molar-refractivity contribution in [3.63, 3.8) is 0 Å². The van der Waals surface area contributed by atoms with Gasteiger partial charge in [0.2, 0.25) is 5.95 Å². The minimum Gasteiger partial charge on any atom is -0.328 e. The summed E-state index contributed by atoms with van der Waals surface area (Å²) in [6.45, 7) is 0. The molecular weight excluding hydrogens is 381 g/mol. The zero-order valence-corrected chi connectivity index (χ0v) is 15.0. The summed E-state index contributed by atoms with van der Waals surface area (Å²) in [6, 6.07) is 8.50. The Morgan fingerprint density at radius 3 is 2.41 bits per heavy atom. The van der Waals surface area contributed by atoms with E-state index in [0.717, 1.165) is 11.6 Å². The van der Waals surface area contributed by atoms with Crippen molar-refractivity contribution in [1.29, 1.82) is 0 Å². The average Bonchev–Trinajstić information content (AvgIpc) is 3.14. The zero-order valence-electron chi connectivity index (χ0n) is 15.0. The van der Waals surface area contributed by atoms with Crippen LogP contribution in [0.5, 0.6) is 0 Å². The van der Waals surface area contributed by atoms with Crippen LogP contribution in [-0.2, 0) is 4.79 Å². The van der Waals surface area contributed by atoms with E-state index in [1.165, 1.54) is 35.3 Å². The summed E-state index contributed by atoms with van der Waals surface area (Å²) in [6.07, 6.45) is 3.42. The summed E-state index contributed by atoms with van der Waals surface area (Å²) in [5.41, 5.74) is 1.72. The number of nitrogens with zero attached hydrogens (tertiary/aromatic N) is 3. The van der Waals surface area contributed by atoms with Crippen LogP contribution in [0, 0.1) is 23.4 Å². The molecule has 1 aromatic heterocycles. The van der Waals surface area contributed by atoms with Gasteiger partial charge < -0.3 is 5.32 Å². The first-order valence-corrected chi connectivity index (χ1v) is 9.12. The lowest BCUT2D eigenvalue weighted by Gasteiger charge is -2.38. The highest BCUT2D eigenvalue weighted by atomic mass is 19.1. The fourth-order valence-electron chi connectivity index (χ4n) is 4.18. The molecule has 0 radical (unpaired) electrons. The second kappa shape index (κ2) is 6.58. The van der Waals surface area contributed by atoms with Crippen LogP contribution in [0.1, 0.15) is 29.5 Å². The number of ketones is 1. The number of carbonyl (C=O) groups is 1. The maximum absolute atomic E-state index is 13.9. The molecule has 0 spiro atoms. The number of aromatic nitrogens is 3. The molecule has 0 unspecified atom stereocenters. The molecule has 1 aliphatic heterocycles. The highest BCUT2D eigenvalue weighted by Crippen LogP contribution is 2.44. The van der Waals surface area contributed by atoms with Crippen LogP contribution in [0.3, 0.4) is 0 Å². The first-order valence-electron chi connectivity index (χ1n) is 9.12. The van der Waals surface area contributed by atoms with Crippen molar-refractivity contribution in [3.8, 4) is 0 Å². The molecule has 2 heterocycles. The van der Waals surface area contributed by atoms with Crippen LogP contribution in [0.25, 0.3) is 0 Å². The molecule has 3 aromatic rings. The second-order valence-electron chi connectivity index (χ2n) is 7.23. The van der Waals surface area contributed by atoms with E-state index in [-0.39, 0.29) is 23.9 Å². The molecule has 1 N–H and O–H groups in total. The lowest BCUT2D eigenvalue weighted by atomic mass is 9.75. The number of Topliss-reactive ketones (excluding diaryl/α,β-unsaturated/α-hetero) is 1. The van der Waals surface area contributed by atoms with Gasteiger partial charge in [0.15, 0.2) is 0 Å². The van der Waals surface area contributed by atoms with Crippen LogP contribution in [0.15, 0.2) is 60.6 Å². The van der Waals surface area contributed by atoms with Gasteiger partial charge >= 0.3 is 0 Å². The molecule has 5 rings (SSSR count). The van der Waals surface area contributed by atoms with Crippen LogP contribution in [0.4, 0.5) is 19.1 Å². The summed E-state index contributed by atoms with van der Waals surface area (Å²) in [5, 5.41) is 7.28. The Bertz CT molecular complexity index is 1120. The summed E-state index contributed by atoms with van der Waals surface area (Å²) in [4.78, 5) is 17.3. The Balaban J connectivity index is 1.62. The topological polar surface area (TPSA) is 59.8 Å². The predicted molar refractivity (Wildman–Crippen MR) is 98.5 cm³/mol. The molecule has 5 nitrogen and oxygen atoms in total. The van der Waals surface area contributed by atoms with Gasteiger partial charge in [-0.2, -0.15) is 10.1 Å². The molecule has 3 atom stereocenters. The Labute approximate surface area is 163 Å². The summed E-state index contributed by atoms with van der Waals surface area (Å²) < 4.78 is 42.5. The van der Waals surface area contributed by atoms with Gasteiger partial charge in [0.05, 0.1) is 12.0 Å². The van der Waals surface area contributed by atoms with Gasteiger partial charge in [-0.05, 0) is 35.4 Å². The van der Waals surface area contributed by atoms with Crippen LogP contribution in [-0.4, -0.2) is 20.5 Å². The standard InChI is InChI=1S/C21H15F3N4O/c22-14-3-1-11(2-4-14)12-7-17-19(18(29)8-12)20(28-21(27-17)25-10-26-28)13-5-15(23)9-16(24)6-13/h1-7,9-10,12,19-20H,8H2,(H,25,26,27)/t12-,19-,20-/m1/s1. The van der Waals surface area contributed by atoms with E-state index in [1.54, 1.807) is 12.1 Å². The number of rotatable bonds is 2. The Kier molecular flexibility index (Phi) is 4.01. The molecule has 0 saturated carbocycles. The highest BCUT2D eigenvalue weighted by Gasteiger charge is 2.43. The van der Waals surface area contributed by atoms with Crippen LogP contribution >= 0.6 is 0 Å². The predicted octanol–water partition coefficient (Wildman–Crippen LogP) is 3.97. The SMILES string of the molecule is O=C1C[C@H](c2ccc(F)cc2)C=C2Nc3ncnn3[C@H](c3cc(F)cc(F)c3)[C@@H]12. The number of anilines is 1. The molecule has 146 valence electrons. The number of benzene rings is 2. The molecule has 0 bridgehead atoms. The van der Waals surface area contributed by atoms with E-state index in [9.17, 15) is 18.0 Å². The van der Waals surface area contributed by atoms with Gasteiger partial charge in [-0.3, -0.25) is 4.79 Å². The number of halogens is 3. The van der Waals surface area contributed by atoms with Crippen molar-refractivity contribution >= 4 is 11.7 Å². The number of hydrogen-bond acceptors (Lipinski definition) is 4. The lowest BCUT2D eigenvalue weighted by Crippen LogP contribution is -2.40. The molecule has 0 saturated heterocycles. The van der Waals surface area contributed by atoms with E-state index < -0.39 is 23.6 Å². The summed E-state index contributed by atoms with van der Waals surface area (Å²) >= 11 is 0. The smallest absolute Gasteiger partial charge is 0.226 e. The first kappa shape index (κ1) is 17.7. The number of nitrogens with one attached hydrogen (secondary N) is 1. The maximum Gasteiger partial charge on any atom is 0.226 e. The molecule has 2 aromatic carbocycles. The van der Waals surface area contributed by atoms with Crippen molar-refractivity contribution < 1.29 is 18.0 Å². The quantitative estimate of drug-likeness (QED) is 0.712. The number of fused-ring (bicyclic) bond motifs is 2. The van der Waals surface area contributed by atoms with E-state index in [4.69, 9.17) is 0 Å². The Hall–Kier alpha value is -3.42. The third kappa shape index (κ3) is 3.00. The van der Waals surface area contributed by atoms with E-state index >= 15 is 0 Å². The van der Waals surface area contributed by atoms with Crippen molar-refractivity contribution in [2.24, 2.45) is 5.92 Å². The van der Waals surface area contributed by atoms with Gasteiger partial charge in [-0.15, -0.1) is 0 Å². The fourth-order valence-corrected chi connectivity index (χ4v) is 4.18. The maximum atomic E-state index is 13.9. The molecule has 2 aliphatic rings. The Morgan fingerprint density at radius 2 is 1.69 bits per heavy atom. The van der Waals surface area contributed by atoms with Gasteiger partial charge in [0.1, 0.15) is 29.6 Å². The third-order valence-corrected chi connectivity index (χ3v) is 5.42. The first-order chi connectivity index (χ1) is 14.0. The van der Waals surface area contributed by atoms with Gasteiger partial charge in [0.25, 0.3) is 0 Å². The molecule has 8 heteroatoms. The van der Waals surface area contributed by atoms with Crippen molar-refractivity contribution in [3.05, 3.63) is 89.1 Å². The monoisotopic (exact) mass is 396 g/mol. The van der Waals surface area contributed by atoms with E-state index in [1.807, 2.05) is 6.08 Å². The van der Waals surface area contributed by atoms with E-state index in [2.05, 4.69) is 15.4 Å². The normalized spacial score (nSPS) is 23.1. The molecule has 29 heavy (non-hydrogen) atoms. The van der Waals surface area contributed by atoms with Crippen LogP contribution < -0.4 is 5.32 Å². The number of hydrogen-bond donors (Lipinski definition) is 1. The highest BCUT2D eigenvalue weighted by molar-refractivity contribution is 5.88. The number of carbonyl (C=O) groups excluding carboxylic acids is 1. The summed E-state index contributed by atoms with van der Waals surface area (Å²) in [5.74, 6) is -2.42. The van der Waals surface area contributed by atoms with Crippen molar-refractivity contribution in [1.82, 2.24) is 14.8 Å². The minimum atomic E-state index is -0.724. The van der Waals surface area contributed by atoms with Gasteiger partial charge in [-0.1, -0.05) is 18.2 Å². The van der Waals surface area contributed by atoms with Gasteiger partial charge in [0, 0.05) is 24.1 Å². The molecular formula is C21H15F3N4O. The van der Waals surface area contributed by atoms with Crippen molar-refractivity contribution in [2.45, 2.75) is 18.4 Å². The molecule has 0 amide bonds. The average molecular weight is 396 g/mol. The zero-order chi connectivity index (χ0) is 20.1. The largest absolute Gasteiger partial charge is 0.328 e. The van der Waals surface area contributed by atoms with Crippen molar-refractivity contribution in [2.75, 3.05) is 5.32 Å². The number of allylic oxidation sites excluding steroid dienone is 2. The fraction of sp³-hybridized carbons (Fsp3) is 0.190.